The van der Waals surface area contributed by atoms with Gasteiger partial charge in [0.15, 0.2) is 0 Å². The SMILES string of the molecule is CCC(CC)(NC(=O)NCCCCN(C)C(C)C)C(=O)O. The Balaban J connectivity index is 4.02. The molecule has 2 amide bonds. The predicted octanol–water partition coefficient (Wildman–Crippen LogP) is 2.05. The molecule has 0 aromatic carbocycles. The summed E-state index contributed by atoms with van der Waals surface area (Å²) in [5, 5.41) is 14.6. The average Bonchev–Trinajstić information content (AvgIpc) is 2.43. The summed E-state index contributed by atoms with van der Waals surface area (Å²) >= 11 is 0. The quantitative estimate of drug-likeness (QED) is 0.539. The molecule has 6 nitrogen and oxygen atoms in total. The second-order valence-electron chi connectivity index (χ2n) is 5.76. The summed E-state index contributed by atoms with van der Waals surface area (Å²) < 4.78 is 0. The van der Waals surface area contributed by atoms with Crippen LogP contribution < -0.4 is 10.6 Å². The highest BCUT2D eigenvalue weighted by molar-refractivity contribution is 5.86. The Bertz CT molecular complexity index is 328. The maximum Gasteiger partial charge on any atom is 0.329 e. The molecule has 0 bridgehead atoms. The van der Waals surface area contributed by atoms with Crippen molar-refractivity contribution in [1.82, 2.24) is 15.5 Å². The third-order valence-electron chi connectivity index (χ3n) is 4.07. The zero-order valence-corrected chi connectivity index (χ0v) is 14.0. The molecule has 6 heteroatoms. The Morgan fingerprint density at radius 3 is 2.19 bits per heavy atom. The van der Waals surface area contributed by atoms with Gasteiger partial charge in [-0.1, -0.05) is 13.8 Å². The molecule has 0 aliphatic heterocycles. The lowest BCUT2D eigenvalue weighted by Gasteiger charge is -2.28. The Morgan fingerprint density at radius 2 is 1.76 bits per heavy atom. The first-order valence-corrected chi connectivity index (χ1v) is 7.78. The first kappa shape index (κ1) is 19.7. The van der Waals surface area contributed by atoms with Crippen LogP contribution >= 0.6 is 0 Å². The van der Waals surface area contributed by atoms with Crippen molar-refractivity contribution in [2.45, 2.75) is 65.0 Å². The topological polar surface area (TPSA) is 81.7 Å². The Labute approximate surface area is 128 Å². The molecule has 0 rings (SSSR count). The van der Waals surface area contributed by atoms with Gasteiger partial charge in [-0.3, -0.25) is 0 Å². The fraction of sp³-hybridized carbons (Fsp3) is 0.867. The molecular weight excluding hydrogens is 270 g/mol. The van der Waals surface area contributed by atoms with Crippen LogP contribution in [0.2, 0.25) is 0 Å². The smallest absolute Gasteiger partial charge is 0.329 e. The van der Waals surface area contributed by atoms with Crippen molar-refractivity contribution in [3.8, 4) is 0 Å². The van der Waals surface area contributed by atoms with Crippen LogP contribution in [-0.2, 0) is 4.79 Å². The lowest BCUT2D eigenvalue weighted by molar-refractivity contribution is -0.144. The number of urea groups is 1. The van der Waals surface area contributed by atoms with Crippen molar-refractivity contribution in [3.63, 3.8) is 0 Å². The molecule has 0 aliphatic carbocycles. The number of rotatable bonds is 10. The fourth-order valence-corrected chi connectivity index (χ4v) is 1.99. The Morgan fingerprint density at radius 1 is 1.19 bits per heavy atom. The van der Waals surface area contributed by atoms with E-state index in [1.54, 1.807) is 13.8 Å². The van der Waals surface area contributed by atoms with Gasteiger partial charge in [0.2, 0.25) is 0 Å². The van der Waals surface area contributed by atoms with Crippen molar-refractivity contribution in [2.75, 3.05) is 20.1 Å². The molecule has 0 saturated heterocycles. The van der Waals surface area contributed by atoms with E-state index >= 15 is 0 Å². The monoisotopic (exact) mass is 301 g/mol. The van der Waals surface area contributed by atoms with Crippen LogP contribution in [0.15, 0.2) is 0 Å². The van der Waals surface area contributed by atoms with Crippen LogP contribution in [0, 0.1) is 0 Å². The number of carboxylic acids is 1. The predicted molar refractivity (Wildman–Crippen MR) is 84.5 cm³/mol. The van der Waals surface area contributed by atoms with E-state index in [0.29, 0.717) is 25.4 Å². The number of unbranched alkanes of at least 4 members (excludes halogenated alkanes) is 1. The molecule has 124 valence electrons. The summed E-state index contributed by atoms with van der Waals surface area (Å²) in [6, 6.07) is 0.116. The van der Waals surface area contributed by atoms with Gasteiger partial charge >= 0.3 is 12.0 Å². The van der Waals surface area contributed by atoms with Gasteiger partial charge in [-0.2, -0.15) is 0 Å². The fourth-order valence-electron chi connectivity index (χ4n) is 1.99. The van der Waals surface area contributed by atoms with Crippen LogP contribution in [0.25, 0.3) is 0 Å². The Hall–Kier alpha value is -1.30. The summed E-state index contributed by atoms with van der Waals surface area (Å²) in [4.78, 5) is 25.3. The van der Waals surface area contributed by atoms with Crippen LogP contribution in [0.4, 0.5) is 4.79 Å². The van der Waals surface area contributed by atoms with Gasteiger partial charge in [-0.05, 0) is 53.1 Å². The number of hydrogen-bond donors (Lipinski definition) is 3. The van der Waals surface area contributed by atoms with Gasteiger partial charge in [0.1, 0.15) is 5.54 Å². The second-order valence-corrected chi connectivity index (χ2v) is 5.76. The number of amides is 2. The summed E-state index contributed by atoms with van der Waals surface area (Å²) in [7, 11) is 2.08. The minimum absolute atomic E-state index is 0.367. The highest BCUT2D eigenvalue weighted by Gasteiger charge is 2.36. The van der Waals surface area contributed by atoms with Crippen molar-refractivity contribution in [3.05, 3.63) is 0 Å². The molecule has 0 heterocycles. The van der Waals surface area contributed by atoms with E-state index in [-0.39, 0.29) is 0 Å². The van der Waals surface area contributed by atoms with Crippen molar-refractivity contribution in [2.24, 2.45) is 0 Å². The number of carbonyl (C=O) groups excluding carboxylic acids is 1. The number of carboxylic acid groups (broad SMARTS) is 1. The lowest BCUT2D eigenvalue weighted by Crippen LogP contribution is -2.56. The van der Waals surface area contributed by atoms with Crippen LogP contribution in [-0.4, -0.2) is 53.7 Å². The molecule has 0 atom stereocenters. The van der Waals surface area contributed by atoms with E-state index in [1.807, 2.05) is 0 Å². The lowest BCUT2D eigenvalue weighted by atomic mass is 9.93. The maximum atomic E-state index is 11.8. The largest absolute Gasteiger partial charge is 0.480 e. The molecule has 0 unspecified atom stereocenters. The zero-order valence-electron chi connectivity index (χ0n) is 14.0. The Kier molecular flexibility index (Phi) is 9.01. The van der Waals surface area contributed by atoms with E-state index in [2.05, 4.69) is 36.4 Å². The van der Waals surface area contributed by atoms with Crippen LogP contribution in [0.5, 0.6) is 0 Å². The number of hydrogen-bond acceptors (Lipinski definition) is 3. The first-order chi connectivity index (χ1) is 9.79. The van der Waals surface area contributed by atoms with Gasteiger partial charge in [-0.15, -0.1) is 0 Å². The van der Waals surface area contributed by atoms with Gasteiger partial charge in [0.05, 0.1) is 0 Å². The van der Waals surface area contributed by atoms with Gasteiger partial charge < -0.3 is 20.6 Å². The number of nitrogens with one attached hydrogen (secondary N) is 2. The highest BCUT2D eigenvalue weighted by atomic mass is 16.4. The van der Waals surface area contributed by atoms with Crippen LogP contribution in [0.1, 0.15) is 53.4 Å². The summed E-state index contributed by atoms with van der Waals surface area (Å²) in [5.74, 6) is -0.985. The summed E-state index contributed by atoms with van der Waals surface area (Å²) in [6.45, 7) is 9.36. The van der Waals surface area contributed by atoms with Gasteiger partial charge in [0.25, 0.3) is 0 Å². The molecule has 0 radical (unpaired) electrons. The van der Waals surface area contributed by atoms with Crippen molar-refractivity contribution < 1.29 is 14.7 Å². The number of nitrogens with zero attached hydrogens (tertiary/aromatic N) is 1. The normalized spacial score (nSPS) is 11.8. The third kappa shape index (κ3) is 6.80. The molecule has 21 heavy (non-hydrogen) atoms. The number of carbonyl (C=O) groups is 2. The van der Waals surface area contributed by atoms with E-state index < -0.39 is 17.5 Å². The maximum absolute atomic E-state index is 11.8. The van der Waals surface area contributed by atoms with E-state index in [4.69, 9.17) is 0 Å². The third-order valence-corrected chi connectivity index (χ3v) is 4.07. The molecule has 0 aliphatic rings. The van der Waals surface area contributed by atoms with E-state index in [0.717, 1.165) is 19.4 Å². The van der Waals surface area contributed by atoms with E-state index in [1.165, 1.54) is 0 Å². The van der Waals surface area contributed by atoms with Crippen molar-refractivity contribution >= 4 is 12.0 Å². The minimum atomic E-state index is -1.16. The van der Waals surface area contributed by atoms with Crippen LogP contribution in [0.3, 0.4) is 0 Å². The molecule has 0 saturated carbocycles. The first-order valence-electron chi connectivity index (χ1n) is 7.78. The van der Waals surface area contributed by atoms with Gasteiger partial charge in [0, 0.05) is 12.6 Å². The highest BCUT2D eigenvalue weighted by Crippen LogP contribution is 2.15. The molecule has 0 fully saturated rings. The molecule has 0 aromatic heterocycles. The second kappa shape index (κ2) is 9.60. The summed E-state index contributed by atoms with van der Waals surface area (Å²) in [6.07, 6.45) is 2.61. The number of aliphatic carboxylic acids is 1. The standard InChI is InChI=1S/C15H31N3O3/c1-6-15(7-2,13(19)20)17-14(21)16-10-8-9-11-18(5)12(3)4/h12H,6-11H2,1-5H3,(H,19,20)(H2,16,17,21). The average molecular weight is 301 g/mol. The molecule has 0 spiro atoms. The van der Waals surface area contributed by atoms with Crippen molar-refractivity contribution in [1.29, 1.82) is 0 Å². The molecule has 0 aromatic rings. The molecular formula is C15H31N3O3. The van der Waals surface area contributed by atoms with Gasteiger partial charge in [-0.25, -0.2) is 9.59 Å². The zero-order chi connectivity index (χ0) is 16.5. The van der Waals surface area contributed by atoms with E-state index in [9.17, 15) is 14.7 Å². The minimum Gasteiger partial charge on any atom is -0.480 e. The molecule has 3 N–H and O–H groups in total. The summed E-state index contributed by atoms with van der Waals surface area (Å²) in [5.41, 5.74) is -1.16.